The standard InChI is InChI=1S/C25H20FNO5/c1-2-32-20-12-8-16(9-13-20)23(29)21-22(15-6-10-19(28)11-7-15)27(25(31)24(21)30)18-5-3-4-17(26)14-18/h3-14,22,28-29H,2H2,1H3/b23-21+. The highest BCUT2D eigenvalue weighted by Crippen LogP contribution is 2.42. The summed E-state index contributed by atoms with van der Waals surface area (Å²) >= 11 is 0. The van der Waals surface area contributed by atoms with Crippen molar-refractivity contribution in [1.82, 2.24) is 0 Å². The van der Waals surface area contributed by atoms with Gasteiger partial charge in [-0.2, -0.15) is 0 Å². The number of Topliss-reactive ketones (excluding diaryl/α,β-unsaturated/α-hetero) is 1. The van der Waals surface area contributed by atoms with Crippen LogP contribution >= 0.6 is 0 Å². The molecule has 0 aromatic heterocycles. The number of nitrogens with zero attached hydrogens (tertiary/aromatic N) is 1. The van der Waals surface area contributed by atoms with Gasteiger partial charge in [-0.25, -0.2) is 4.39 Å². The van der Waals surface area contributed by atoms with Gasteiger partial charge in [0, 0.05) is 11.3 Å². The lowest BCUT2D eigenvalue weighted by molar-refractivity contribution is -0.132. The lowest BCUT2D eigenvalue weighted by Crippen LogP contribution is -2.29. The van der Waals surface area contributed by atoms with E-state index >= 15 is 0 Å². The van der Waals surface area contributed by atoms with E-state index in [1.54, 1.807) is 36.4 Å². The first-order valence-electron chi connectivity index (χ1n) is 9.99. The van der Waals surface area contributed by atoms with Gasteiger partial charge in [-0.15, -0.1) is 0 Å². The summed E-state index contributed by atoms with van der Waals surface area (Å²) in [5, 5.41) is 20.7. The van der Waals surface area contributed by atoms with Crippen LogP contribution in [0.4, 0.5) is 10.1 Å². The molecule has 2 N–H and O–H groups in total. The number of ether oxygens (including phenoxy) is 1. The first-order chi connectivity index (χ1) is 15.4. The predicted molar refractivity (Wildman–Crippen MR) is 117 cm³/mol. The average molecular weight is 433 g/mol. The van der Waals surface area contributed by atoms with Gasteiger partial charge in [0.2, 0.25) is 0 Å². The van der Waals surface area contributed by atoms with Gasteiger partial charge in [0.25, 0.3) is 11.7 Å². The van der Waals surface area contributed by atoms with Crippen LogP contribution in [0.25, 0.3) is 5.76 Å². The lowest BCUT2D eigenvalue weighted by atomic mass is 9.95. The van der Waals surface area contributed by atoms with Gasteiger partial charge in [0.1, 0.15) is 23.1 Å². The van der Waals surface area contributed by atoms with Gasteiger partial charge >= 0.3 is 0 Å². The van der Waals surface area contributed by atoms with E-state index in [0.717, 1.165) is 11.0 Å². The molecule has 0 spiro atoms. The molecule has 0 saturated carbocycles. The van der Waals surface area contributed by atoms with Crippen molar-refractivity contribution in [1.29, 1.82) is 0 Å². The van der Waals surface area contributed by atoms with Crippen molar-refractivity contribution in [3.8, 4) is 11.5 Å². The molecule has 1 amide bonds. The number of hydrogen-bond donors (Lipinski definition) is 2. The fraction of sp³-hybridized carbons (Fsp3) is 0.120. The SMILES string of the molecule is CCOc1ccc(/C(O)=C2\C(=O)C(=O)N(c3cccc(F)c3)C2c2ccc(O)cc2)cc1. The minimum atomic E-state index is -1.01. The van der Waals surface area contributed by atoms with Crippen LogP contribution in [-0.4, -0.2) is 28.5 Å². The summed E-state index contributed by atoms with van der Waals surface area (Å²) < 4.78 is 19.3. The number of carbonyl (C=O) groups is 2. The third-order valence-electron chi connectivity index (χ3n) is 5.18. The number of benzene rings is 3. The van der Waals surface area contributed by atoms with Crippen molar-refractivity contribution in [3.63, 3.8) is 0 Å². The summed E-state index contributed by atoms with van der Waals surface area (Å²) in [7, 11) is 0. The maximum atomic E-state index is 13.9. The quantitative estimate of drug-likeness (QED) is 0.350. The number of amides is 1. The molecule has 0 bridgehead atoms. The van der Waals surface area contributed by atoms with E-state index in [4.69, 9.17) is 4.74 Å². The maximum absolute atomic E-state index is 13.9. The van der Waals surface area contributed by atoms with Crippen LogP contribution in [0.5, 0.6) is 11.5 Å². The van der Waals surface area contributed by atoms with E-state index in [2.05, 4.69) is 0 Å². The molecule has 162 valence electrons. The zero-order chi connectivity index (χ0) is 22.8. The average Bonchev–Trinajstić information content (AvgIpc) is 3.05. The summed E-state index contributed by atoms with van der Waals surface area (Å²) in [6.07, 6.45) is 0. The fourth-order valence-electron chi connectivity index (χ4n) is 3.73. The largest absolute Gasteiger partial charge is 0.508 e. The summed E-state index contributed by atoms with van der Waals surface area (Å²) in [6.45, 7) is 2.32. The van der Waals surface area contributed by atoms with Gasteiger partial charge in [-0.1, -0.05) is 18.2 Å². The Hall–Kier alpha value is -4.13. The van der Waals surface area contributed by atoms with Gasteiger partial charge < -0.3 is 14.9 Å². The van der Waals surface area contributed by atoms with Gasteiger partial charge in [0.15, 0.2) is 0 Å². The summed E-state index contributed by atoms with van der Waals surface area (Å²) in [5.41, 5.74) is 0.846. The molecule has 3 aromatic rings. The van der Waals surface area contributed by atoms with Gasteiger partial charge in [-0.05, 0) is 67.1 Å². The highest BCUT2D eigenvalue weighted by Gasteiger charge is 2.47. The normalized spacial score (nSPS) is 17.6. The van der Waals surface area contributed by atoms with Crippen LogP contribution in [-0.2, 0) is 9.59 Å². The molecule has 0 aliphatic carbocycles. The van der Waals surface area contributed by atoms with Crippen molar-refractivity contribution < 1.29 is 28.9 Å². The molecule has 32 heavy (non-hydrogen) atoms. The number of aliphatic hydroxyl groups is 1. The van der Waals surface area contributed by atoms with E-state index in [9.17, 15) is 24.2 Å². The number of ketones is 1. The van der Waals surface area contributed by atoms with Gasteiger partial charge in [-0.3, -0.25) is 14.5 Å². The lowest BCUT2D eigenvalue weighted by Gasteiger charge is -2.25. The van der Waals surface area contributed by atoms with E-state index < -0.39 is 23.5 Å². The van der Waals surface area contributed by atoms with Crippen molar-refractivity contribution in [2.75, 3.05) is 11.5 Å². The Morgan fingerprint density at radius 2 is 1.72 bits per heavy atom. The van der Waals surface area contributed by atoms with Crippen LogP contribution < -0.4 is 9.64 Å². The molecule has 1 unspecified atom stereocenters. The number of phenolic OH excluding ortho intramolecular Hbond substituents is 1. The zero-order valence-corrected chi connectivity index (χ0v) is 17.2. The molecule has 7 heteroatoms. The number of phenols is 1. The van der Waals surface area contributed by atoms with Crippen molar-refractivity contribution in [2.24, 2.45) is 0 Å². The highest BCUT2D eigenvalue weighted by atomic mass is 19.1. The highest BCUT2D eigenvalue weighted by molar-refractivity contribution is 6.51. The summed E-state index contributed by atoms with van der Waals surface area (Å²) in [4.78, 5) is 27.2. The van der Waals surface area contributed by atoms with E-state index in [1.807, 2.05) is 6.92 Å². The number of aromatic hydroxyl groups is 1. The smallest absolute Gasteiger partial charge is 0.300 e. The van der Waals surface area contributed by atoms with Crippen LogP contribution in [0, 0.1) is 5.82 Å². The van der Waals surface area contributed by atoms with Crippen molar-refractivity contribution in [2.45, 2.75) is 13.0 Å². The Morgan fingerprint density at radius 1 is 1.03 bits per heavy atom. The molecule has 1 heterocycles. The Bertz CT molecular complexity index is 1200. The molecule has 6 nitrogen and oxygen atoms in total. The topological polar surface area (TPSA) is 87.1 Å². The molecule has 0 radical (unpaired) electrons. The Labute approximate surface area is 183 Å². The molecule has 1 saturated heterocycles. The van der Waals surface area contributed by atoms with E-state index in [1.165, 1.54) is 30.3 Å². The molecular formula is C25H20FNO5. The Kier molecular flexibility index (Phi) is 5.64. The zero-order valence-electron chi connectivity index (χ0n) is 17.2. The first-order valence-corrected chi connectivity index (χ1v) is 9.99. The van der Waals surface area contributed by atoms with Crippen LogP contribution in [0.15, 0.2) is 78.4 Å². The Balaban J connectivity index is 1.89. The fourth-order valence-corrected chi connectivity index (χ4v) is 3.73. The molecule has 1 atom stereocenters. The van der Waals surface area contributed by atoms with E-state index in [0.29, 0.717) is 23.5 Å². The number of halogens is 1. The number of hydrogen-bond acceptors (Lipinski definition) is 5. The third kappa shape index (κ3) is 3.80. The van der Waals surface area contributed by atoms with Crippen LogP contribution in [0.1, 0.15) is 24.1 Å². The van der Waals surface area contributed by atoms with Crippen LogP contribution in [0.3, 0.4) is 0 Å². The molecule has 3 aromatic carbocycles. The van der Waals surface area contributed by atoms with Crippen molar-refractivity contribution in [3.05, 3.63) is 95.3 Å². The number of rotatable bonds is 5. The Morgan fingerprint density at radius 3 is 2.34 bits per heavy atom. The number of carbonyl (C=O) groups excluding carboxylic acids is 2. The molecular weight excluding hydrogens is 413 g/mol. The number of aliphatic hydroxyl groups excluding tert-OH is 1. The minimum Gasteiger partial charge on any atom is -0.508 e. The second kappa shape index (κ2) is 8.55. The van der Waals surface area contributed by atoms with Crippen LogP contribution in [0.2, 0.25) is 0 Å². The summed E-state index contributed by atoms with van der Waals surface area (Å²) in [5.74, 6) is -2.11. The molecule has 1 aliphatic heterocycles. The molecule has 1 aliphatic rings. The first kappa shape index (κ1) is 21.1. The minimum absolute atomic E-state index is 0.00275. The molecule has 1 fully saturated rings. The third-order valence-corrected chi connectivity index (χ3v) is 5.18. The monoisotopic (exact) mass is 433 g/mol. The number of anilines is 1. The second-order valence-electron chi connectivity index (χ2n) is 7.20. The summed E-state index contributed by atoms with van der Waals surface area (Å²) in [6, 6.07) is 16.7. The van der Waals surface area contributed by atoms with E-state index in [-0.39, 0.29) is 22.8 Å². The second-order valence-corrected chi connectivity index (χ2v) is 7.20. The maximum Gasteiger partial charge on any atom is 0.300 e. The van der Waals surface area contributed by atoms with Crippen molar-refractivity contribution >= 4 is 23.1 Å². The molecule has 4 rings (SSSR count). The predicted octanol–water partition coefficient (Wildman–Crippen LogP) is 4.56. The van der Waals surface area contributed by atoms with Gasteiger partial charge in [0.05, 0.1) is 18.2 Å².